The fourth-order valence-corrected chi connectivity index (χ4v) is 2.53. The highest BCUT2D eigenvalue weighted by Gasteiger charge is 2.31. The molecule has 4 nitrogen and oxygen atoms in total. The van der Waals surface area contributed by atoms with Crippen LogP contribution in [0.25, 0.3) is 0 Å². The van der Waals surface area contributed by atoms with Gasteiger partial charge < -0.3 is 9.57 Å². The summed E-state index contributed by atoms with van der Waals surface area (Å²) in [5, 5.41) is 4.27. The van der Waals surface area contributed by atoms with Gasteiger partial charge in [-0.1, -0.05) is 49.3 Å². The van der Waals surface area contributed by atoms with Gasteiger partial charge in [0.1, 0.15) is 13.2 Å². The van der Waals surface area contributed by atoms with E-state index in [-0.39, 0.29) is 11.4 Å². The Labute approximate surface area is 139 Å². The summed E-state index contributed by atoms with van der Waals surface area (Å²) in [7, 11) is 0. The largest absolute Gasteiger partial charge is 0.465 e. The van der Waals surface area contributed by atoms with E-state index in [2.05, 4.69) is 31.1 Å². The van der Waals surface area contributed by atoms with Crippen molar-refractivity contribution in [3.8, 4) is 0 Å². The summed E-state index contributed by atoms with van der Waals surface area (Å²) in [4.78, 5) is 16.6. The first-order valence-electron chi connectivity index (χ1n) is 8.38. The van der Waals surface area contributed by atoms with E-state index in [0.29, 0.717) is 13.2 Å². The zero-order valence-electron chi connectivity index (χ0n) is 14.8. The molecular formula is C19H29NO3. The fraction of sp³-hybridized carbons (Fsp3) is 0.579. The van der Waals surface area contributed by atoms with E-state index in [4.69, 9.17) is 9.57 Å². The summed E-state index contributed by atoms with van der Waals surface area (Å²) >= 11 is 0. The molecule has 0 unspecified atom stereocenters. The van der Waals surface area contributed by atoms with Gasteiger partial charge in [-0.25, -0.2) is 0 Å². The molecule has 0 atom stereocenters. The van der Waals surface area contributed by atoms with E-state index >= 15 is 0 Å². The van der Waals surface area contributed by atoms with Crippen LogP contribution in [0.4, 0.5) is 0 Å². The molecule has 0 aliphatic carbocycles. The first-order valence-corrected chi connectivity index (χ1v) is 8.38. The van der Waals surface area contributed by atoms with Gasteiger partial charge in [-0.2, -0.15) is 0 Å². The number of carbonyl (C=O) groups excluding carboxylic acids is 1. The highest BCUT2D eigenvalue weighted by Crippen LogP contribution is 2.29. The second-order valence-corrected chi connectivity index (χ2v) is 5.87. The molecule has 0 aromatic heterocycles. The zero-order chi connectivity index (χ0) is 17.1. The quantitative estimate of drug-likeness (QED) is 0.278. The highest BCUT2D eigenvalue weighted by atomic mass is 16.6. The molecular weight excluding hydrogens is 290 g/mol. The number of hydrogen-bond acceptors (Lipinski definition) is 4. The molecule has 0 saturated heterocycles. The second kappa shape index (κ2) is 10.0. The van der Waals surface area contributed by atoms with Crippen molar-refractivity contribution in [1.29, 1.82) is 0 Å². The van der Waals surface area contributed by atoms with Crippen molar-refractivity contribution in [2.24, 2.45) is 10.6 Å². The maximum absolute atomic E-state index is 11.1. The van der Waals surface area contributed by atoms with Crippen LogP contribution in [0.1, 0.15) is 52.5 Å². The number of hydrogen-bond donors (Lipinski definition) is 0. The molecule has 0 heterocycles. The Morgan fingerprint density at radius 2 is 1.78 bits per heavy atom. The van der Waals surface area contributed by atoms with Gasteiger partial charge in [0, 0.05) is 12.3 Å². The van der Waals surface area contributed by atoms with E-state index < -0.39 is 0 Å². The molecule has 1 aromatic carbocycles. The van der Waals surface area contributed by atoms with Crippen LogP contribution < -0.4 is 0 Å². The Balaban J connectivity index is 2.47. The molecule has 1 rings (SSSR count). The number of esters is 1. The molecule has 1 aromatic rings. The standard InChI is InChI=1S/C19H29NO3/c1-5-19(6-2,15-22-17(4)21)16(3)20-23-14-10-13-18-11-8-7-9-12-18/h7-9,11-12H,5-6,10,13-15H2,1-4H3/b20-16+. The fourth-order valence-electron chi connectivity index (χ4n) is 2.53. The first kappa shape index (κ1) is 19.2. The average molecular weight is 319 g/mol. The molecule has 0 saturated carbocycles. The van der Waals surface area contributed by atoms with Crippen LogP contribution in [0.5, 0.6) is 0 Å². The van der Waals surface area contributed by atoms with E-state index in [9.17, 15) is 4.79 Å². The normalized spacial score (nSPS) is 12.1. The van der Waals surface area contributed by atoms with Crippen LogP contribution in [0.15, 0.2) is 35.5 Å². The minimum Gasteiger partial charge on any atom is -0.465 e. The minimum absolute atomic E-state index is 0.231. The Kier molecular flexibility index (Phi) is 8.38. The Bertz CT molecular complexity index is 493. The summed E-state index contributed by atoms with van der Waals surface area (Å²) in [6.07, 6.45) is 3.63. The van der Waals surface area contributed by atoms with Crippen molar-refractivity contribution in [2.45, 2.75) is 53.4 Å². The predicted molar refractivity (Wildman–Crippen MR) is 93.5 cm³/mol. The third kappa shape index (κ3) is 6.43. The lowest BCUT2D eigenvalue weighted by Gasteiger charge is -2.30. The van der Waals surface area contributed by atoms with Crippen molar-refractivity contribution in [2.75, 3.05) is 13.2 Å². The molecule has 0 aliphatic heterocycles. The van der Waals surface area contributed by atoms with Gasteiger partial charge in [0.15, 0.2) is 0 Å². The van der Waals surface area contributed by atoms with Gasteiger partial charge >= 0.3 is 5.97 Å². The molecule has 23 heavy (non-hydrogen) atoms. The van der Waals surface area contributed by atoms with E-state index in [1.165, 1.54) is 12.5 Å². The molecule has 128 valence electrons. The lowest BCUT2D eigenvalue weighted by Crippen LogP contribution is -2.34. The number of carbonyl (C=O) groups is 1. The van der Waals surface area contributed by atoms with Crippen molar-refractivity contribution in [1.82, 2.24) is 0 Å². The van der Waals surface area contributed by atoms with E-state index in [0.717, 1.165) is 31.4 Å². The van der Waals surface area contributed by atoms with E-state index in [1.807, 2.05) is 25.1 Å². The Morgan fingerprint density at radius 1 is 1.13 bits per heavy atom. The van der Waals surface area contributed by atoms with Gasteiger partial charge in [-0.3, -0.25) is 4.79 Å². The number of aryl methyl sites for hydroxylation is 1. The number of benzene rings is 1. The van der Waals surface area contributed by atoms with Gasteiger partial charge in [0.25, 0.3) is 0 Å². The summed E-state index contributed by atoms with van der Waals surface area (Å²) in [5.41, 5.74) is 1.97. The lowest BCUT2D eigenvalue weighted by atomic mass is 9.79. The summed E-state index contributed by atoms with van der Waals surface area (Å²) in [6, 6.07) is 10.3. The van der Waals surface area contributed by atoms with Gasteiger partial charge in [0.05, 0.1) is 5.71 Å². The van der Waals surface area contributed by atoms with Crippen molar-refractivity contribution in [3.05, 3.63) is 35.9 Å². The molecule has 0 aliphatic rings. The maximum atomic E-state index is 11.1. The molecule has 0 radical (unpaired) electrons. The number of nitrogens with zero attached hydrogens (tertiary/aromatic N) is 1. The van der Waals surface area contributed by atoms with Crippen molar-refractivity contribution >= 4 is 11.7 Å². The van der Waals surface area contributed by atoms with Crippen molar-refractivity contribution in [3.63, 3.8) is 0 Å². The number of oxime groups is 1. The lowest BCUT2D eigenvalue weighted by molar-refractivity contribution is -0.143. The molecule has 0 bridgehead atoms. The van der Waals surface area contributed by atoms with Gasteiger partial charge in [-0.05, 0) is 38.2 Å². The Hall–Kier alpha value is -1.84. The van der Waals surface area contributed by atoms with Crippen LogP contribution >= 0.6 is 0 Å². The molecule has 0 N–H and O–H groups in total. The summed E-state index contributed by atoms with van der Waals surface area (Å²) in [6.45, 7) is 8.50. The van der Waals surface area contributed by atoms with Crippen LogP contribution in [0, 0.1) is 5.41 Å². The smallest absolute Gasteiger partial charge is 0.302 e. The first-order chi connectivity index (χ1) is 11.0. The van der Waals surface area contributed by atoms with E-state index in [1.54, 1.807) is 0 Å². The van der Waals surface area contributed by atoms with Gasteiger partial charge in [0.2, 0.25) is 0 Å². The zero-order valence-corrected chi connectivity index (χ0v) is 14.8. The highest BCUT2D eigenvalue weighted by molar-refractivity contribution is 5.87. The predicted octanol–water partition coefficient (Wildman–Crippen LogP) is 4.38. The van der Waals surface area contributed by atoms with Crippen LogP contribution in [0.2, 0.25) is 0 Å². The third-order valence-corrected chi connectivity index (χ3v) is 4.42. The number of ether oxygens (including phenoxy) is 1. The number of rotatable bonds is 10. The van der Waals surface area contributed by atoms with Crippen LogP contribution in [-0.2, 0) is 20.8 Å². The average Bonchev–Trinajstić information content (AvgIpc) is 2.56. The molecule has 0 spiro atoms. The van der Waals surface area contributed by atoms with Crippen molar-refractivity contribution < 1.29 is 14.4 Å². The molecule has 4 heteroatoms. The van der Waals surface area contributed by atoms with Crippen LogP contribution in [0.3, 0.4) is 0 Å². The summed E-state index contributed by atoms with van der Waals surface area (Å²) in [5.74, 6) is -0.257. The molecule has 0 amide bonds. The topological polar surface area (TPSA) is 47.9 Å². The van der Waals surface area contributed by atoms with Gasteiger partial charge in [-0.15, -0.1) is 0 Å². The maximum Gasteiger partial charge on any atom is 0.302 e. The molecule has 0 fully saturated rings. The third-order valence-electron chi connectivity index (χ3n) is 4.42. The summed E-state index contributed by atoms with van der Waals surface area (Å²) < 4.78 is 5.22. The SMILES string of the molecule is CCC(CC)(COC(C)=O)/C(C)=N/OCCCc1ccccc1. The second-order valence-electron chi connectivity index (χ2n) is 5.87. The monoisotopic (exact) mass is 319 g/mol. The minimum atomic E-state index is -0.257. The van der Waals surface area contributed by atoms with Crippen LogP contribution in [-0.4, -0.2) is 24.9 Å². The Morgan fingerprint density at radius 3 is 2.35 bits per heavy atom.